The summed E-state index contributed by atoms with van der Waals surface area (Å²) in [5, 5.41) is 11.3. The van der Waals surface area contributed by atoms with Crippen LogP contribution in [0.5, 0.6) is 5.75 Å². The van der Waals surface area contributed by atoms with Crippen molar-refractivity contribution < 1.29 is 19.4 Å². The molecule has 0 saturated heterocycles. The third-order valence-corrected chi connectivity index (χ3v) is 3.55. The number of amides is 1. The first kappa shape index (κ1) is 15.4. The van der Waals surface area contributed by atoms with Crippen molar-refractivity contribution in [2.24, 2.45) is 0 Å². The van der Waals surface area contributed by atoms with Gasteiger partial charge in [-0.05, 0) is 50.3 Å². The summed E-state index contributed by atoms with van der Waals surface area (Å²) in [5.74, 6) is -0.325. The van der Waals surface area contributed by atoms with E-state index in [1.54, 1.807) is 18.2 Å². The number of carbonyl (C=O) groups is 2. The molecule has 1 aliphatic rings. The Morgan fingerprint density at radius 1 is 1.29 bits per heavy atom. The summed E-state index contributed by atoms with van der Waals surface area (Å²) in [7, 11) is 0. The molecule has 114 valence electrons. The van der Waals surface area contributed by atoms with E-state index < -0.39 is 5.97 Å². The molecule has 0 bridgehead atoms. The van der Waals surface area contributed by atoms with Gasteiger partial charge in [0.25, 0.3) is 5.91 Å². The van der Waals surface area contributed by atoms with Gasteiger partial charge >= 0.3 is 5.97 Å². The molecule has 21 heavy (non-hydrogen) atoms. The lowest BCUT2D eigenvalue weighted by atomic mass is 10.2. The zero-order chi connectivity index (χ0) is 15.1. The lowest BCUT2D eigenvalue weighted by Gasteiger charge is -2.13. The molecule has 1 fully saturated rings. The first-order chi connectivity index (χ1) is 10.1. The number of carbonyl (C=O) groups excluding carboxylic acids is 1. The van der Waals surface area contributed by atoms with Crippen LogP contribution in [-0.2, 0) is 4.79 Å². The van der Waals surface area contributed by atoms with E-state index in [2.05, 4.69) is 5.32 Å². The molecule has 5 heteroatoms. The zero-order valence-corrected chi connectivity index (χ0v) is 12.0. The molecule has 1 amide bonds. The second-order valence-corrected chi connectivity index (χ2v) is 5.31. The number of nitrogens with one attached hydrogen (secondary N) is 1. The predicted octanol–water partition coefficient (Wildman–Crippen LogP) is 2.60. The molecule has 2 N–H and O–H groups in total. The van der Waals surface area contributed by atoms with Crippen molar-refractivity contribution in [3.8, 4) is 5.75 Å². The summed E-state index contributed by atoms with van der Waals surface area (Å²) in [6, 6.07) is 7.13. The lowest BCUT2D eigenvalue weighted by molar-refractivity contribution is -0.137. The van der Waals surface area contributed by atoms with Gasteiger partial charge in [-0.2, -0.15) is 0 Å². The van der Waals surface area contributed by atoms with Gasteiger partial charge in [-0.25, -0.2) is 0 Å². The summed E-state index contributed by atoms with van der Waals surface area (Å²) in [6.45, 7) is 0.360. The van der Waals surface area contributed by atoms with Gasteiger partial charge in [0.05, 0.1) is 6.10 Å². The van der Waals surface area contributed by atoms with Crippen LogP contribution in [0.15, 0.2) is 24.3 Å². The Balaban J connectivity index is 1.84. The Hall–Kier alpha value is -2.04. The second-order valence-electron chi connectivity index (χ2n) is 5.31. The maximum atomic E-state index is 12.0. The fourth-order valence-electron chi connectivity index (χ4n) is 2.45. The quantitative estimate of drug-likeness (QED) is 0.757. The number of carboxylic acid groups (broad SMARTS) is 1. The molecule has 1 saturated carbocycles. The van der Waals surface area contributed by atoms with Crippen LogP contribution in [0.2, 0.25) is 0 Å². The van der Waals surface area contributed by atoms with E-state index in [0.717, 1.165) is 18.6 Å². The largest absolute Gasteiger partial charge is 0.490 e. The van der Waals surface area contributed by atoms with Crippen molar-refractivity contribution in [2.75, 3.05) is 6.54 Å². The number of rotatable bonds is 7. The van der Waals surface area contributed by atoms with Crippen molar-refractivity contribution in [1.29, 1.82) is 0 Å². The van der Waals surface area contributed by atoms with E-state index in [1.807, 2.05) is 6.07 Å². The Morgan fingerprint density at radius 2 is 2.05 bits per heavy atom. The average Bonchev–Trinajstić information content (AvgIpc) is 2.96. The molecule has 1 aliphatic carbocycles. The standard InChI is InChI=1S/C16H21NO4/c18-15(19)9-4-10-17-16(20)12-5-3-8-14(11-12)21-13-6-1-2-7-13/h3,5,8,11,13H,1-2,4,6-7,9-10H2,(H,17,20)(H,18,19). The normalized spacial score (nSPS) is 14.9. The van der Waals surface area contributed by atoms with Crippen LogP contribution >= 0.6 is 0 Å². The number of carboxylic acids is 1. The molecular weight excluding hydrogens is 270 g/mol. The molecule has 0 aromatic heterocycles. The van der Waals surface area contributed by atoms with E-state index in [0.29, 0.717) is 18.5 Å². The monoisotopic (exact) mass is 291 g/mol. The number of hydrogen-bond acceptors (Lipinski definition) is 3. The van der Waals surface area contributed by atoms with Crippen LogP contribution in [0.4, 0.5) is 0 Å². The van der Waals surface area contributed by atoms with Crippen molar-refractivity contribution in [1.82, 2.24) is 5.32 Å². The molecule has 1 aromatic rings. The van der Waals surface area contributed by atoms with Crippen molar-refractivity contribution in [2.45, 2.75) is 44.6 Å². The maximum absolute atomic E-state index is 12.0. The summed E-state index contributed by atoms with van der Waals surface area (Å²) in [5.41, 5.74) is 0.542. The Bertz CT molecular complexity index is 495. The zero-order valence-electron chi connectivity index (χ0n) is 12.0. The molecular formula is C16H21NO4. The molecule has 5 nitrogen and oxygen atoms in total. The number of ether oxygens (including phenoxy) is 1. The second kappa shape index (κ2) is 7.67. The summed E-state index contributed by atoms with van der Waals surface area (Å²) in [6.07, 6.45) is 5.31. The fourth-order valence-corrected chi connectivity index (χ4v) is 2.45. The summed E-state index contributed by atoms with van der Waals surface area (Å²) < 4.78 is 5.87. The molecule has 0 radical (unpaired) electrons. The highest BCUT2D eigenvalue weighted by molar-refractivity contribution is 5.94. The number of aliphatic carboxylic acids is 1. The van der Waals surface area contributed by atoms with Gasteiger partial charge < -0.3 is 15.2 Å². The molecule has 0 atom stereocenters. The summed E-state index contributed by atoms with van der Waals surface area (Å²) >= 11 is 0. The van der Waals surface area contributed by atoms with Gasteiger partial charge in [-0.3, -0.25) is 9.59 Å². The van der Waals surface area contributed by atoms with Crippen LogP contribution < -0.4 is 10.1 Å². The molecule has 0 heterocycles. The smallest absolute Gasteiger partial charge is 0.303 e. The number of benzene rings is 1. The number of hydrogen-bond donors (Lipinski definition) is 2. The average molecular weight is 291 g/mol. The van der Waals surface area contributed by atoms with Gasteiger partial charge in [-0.15, -0.1) is 0 Å². The van der Waals surface area contributed by atoms with E-state index >= 15 is 0 Å². The van der Waals surface area contributed by atoms with E-state index in [4.69, 9.17) is 9.84 Å². The highest BCUT2D eigenvalue weighted by Crippen LogP contribution is 2.24. The van der Waals surface area contributed by atoms with Crippen LogP contribution in [0.25, 0.3) is 0 Å². The third-order valence-electron chi connectivity index (χ3n) is 3.55. The Morgan fingerprint density at radius 3 is 2.76 bits per heavy atom. The summed E-state index contributed by atoms with van der Waals surface area (Å²) in [4.78, 5) is 22.4. The Labute approximate surface area is 124 Å². The van der Waals surface area contributed by atoms with Crippen LogP contribution in [-0.4, -0.2) is 29.6 Å². The Kier molecular flexibility index (Phi) is 5.60. The molecule has 0 spiro atoms. The van der Waals surface area contributed by atoms with E-state index in [9.17, 15) is 9.59 Å². The third kappa shape index (κ3) is 5.10. The van der Waals surface area contributed by atoms with Crippen LogP contribution in [0.3, 0.4) is 0 Å². The van der Waals surface area contributed by atoms with Gasteiger partial charge in [0, 0.05) is 18.5 Å². The topological polar surface area (TPSA) is 75.6 Å². The van der Waals surface area contributed by atoms with Crippen molar-refractivity contribution in [3.63, 3.8) is 0 Å². The molecule has 0 aliphatic heterocycles. The molecule has 1 aromatic carbocycles. The first-order valence-corrected chi connectivity index (χ1v) is 7.42. The minimum absolute atomic E-state index is 0.0606. The van der Waals surface area contributed by atoms with Crippen LogP contribution in [0, 0.1) is 0 Å². The van der Waals surface area contributed by atoms with Gasteiger partial charge in [0.15, 0.2) is 0 Å². The van der Waals surface area contributed by atoms with Crippen LogP contribution in [0.1, 0.15) is 48.9 Å². The van der Waals surface area contributed by atoms with Crippen molar-refractivity contribution >= 4 is 11.9 Å². The maximum Gasteiger partial charge on any atom is 0.303 e. The highest BCUT2D eigenvalue weighted by atomic mass is 16.5. The van der Waals surface area contributed by atoms with E-state index in [-0.39, 0.29) is 18.4 Å². The van der Waals surface area contributed by atoms with Gasteiger partial charge in [0.2, 0.25) is 0 Å². The molecule has 0 unspecified atom stereocenters. The van der Waals surface area contributed by atoms with E-state index in [1.165, 1.54) is 12.8 Å². The lowest BCUT2D eigenvalue weighted by Crippen LogP contribution is -2.25. The predicted molar refractivity (Wildman–Crippen MR) is 78.5 cm³/mol. The van der Waals surface area contributed by atoms with Crippen molar-refractivity contribution in [3.05, 3.63) is 29.8 Å². The fraction of sp³-hybridized carbons (Fsp3) is 0.500. The first-order valence-electron chi connectivity index (χ1n) is 7.42. The van der Waals surface area contributed by atoms with Gasteiger partial charge in [0.1, 0.15) is 5.75 Å². The molecule has 2 rings (SSSR count). The highest BCUT2D eigenvalue weighted by Gasteiger charge is 2.17. The minimum Gasteiger partial charge on any atom is -0.490 e. The van der Waals surface area contributed by atoms with Gasteiger partial charge in [-0.1, -0.05) is 6.07 Å². The SMILES string of the molecule is O=C(O)CCCNC(=O)c1cccc(OC2CCCC2)c1. The minimum atomic E-state index is -0.851.